The lowest BCUT2D eigenvalue weighted by Gasteiger charge is -2.30. The van der Waals surface area contributed by atoms with Crippen molar-refractivity contribution in [2.24, 2.45) is 13.0 Å². The van der Waals surface area contributed by atoms with Crippen LogP contribution in [0, 0.1) is 12.8 Å². The van der Waals surface area contributed by atoms with Gasteiger partial charge in [0, 0.05) is 50.4 Å². The highest BCUT2D eigenvalue weighted by atomic mass is 16.3. The molecule has 28 heavy (non-hydrogen) atoms. The van der Waals surface area contributed by atoms with Crippen molar-refractivity contribution < 1.29 is 9.90 Å². The average Bonchev–Trinajstić information content (AvgIpc) is 3.33. The van der Waals surface area contributed by atoms with Gasteiger partial charge in [0.15, 0.2) is 11.6 Å². The van der Waals surface area contributed by atoms with Gasteiger partial charge in [-0.05, 0) is 13.3 Å². The summed E-state index contributed by atoms with van der Waals surface area (Å²) in [5.41, 5.74) is 2.29. The number of hydrogen-bond donors (Lipinski definition) is 1. The maximum Gasteiger partial charge on any atom is 0.225 e. The first kappa shape index (κ1) is 19.1. The molecular weight excluding hydrogens is 358 g/mol. The number of β-amino-alcohol motifs (C(OH)–C–C–N with tert-alkyl or cyclic N) is 1. The van der Waals surface area contributed by atoms with Crippen molar-refractivity contribution in [3.05, 3.63) is 29.1 Å². The molecule has 1 saturated heterocycles. The van der Waals surface area contributed by atoms with Gasteiger partial charge in [0.2, 0.25) is 5.91 Å². The van der Waals surface area contributed by atoms with E-state index in [2.05, 4.69) is 31.7 Å². The SMILES string of the molecule is Cc1c(CN2C[C@@H](O)C[C@H]2c2nnc3n2CCN(C(=O)C(C)C)C3)cnn1C. The normalized spacial score (nSPS) is 22.9. The largest absolute Gasteiger partial charge is 0.392 e. The summed E-state index contributed by atoms with van der Waals surface area (Å²) in [5, 5.41) is 23.5. The van der Waals surface area contributed by atoms with E-state index in [1.165, 1.54) is 0 Å². The topological polar surface area (TPSA) is 92.3 Å². The smallest absolute Gasteiger partial charge is 0.225 e. The molecule has 1 fully saturated rings. The zero-order valence-electron chi connectivity index (χ0n) is 17.0. The average molecular weight is 387 g/mol. The number of aliphatic hydroxyl groups excluding tert-OH is 1. The van der Waals surface area contributed by atoms with E-state index in [0.29, 0.717) is 32.6 Å². The van der Waals surface area contributed by atoms with Gasteiger partial charge in [-0.15, -0.1) is 10.2 Å². The molecule has 0 saturated carbocycles. The summed E-state index contributed by atoms with van der Waals surface area (Å²) in [6.45, 7) is 9.11. The lowest BCUT2D eigenvalue weighted by molar-refractivity contribution is -0.136. The fraction of sp³-hybridized carbons (Fsp3) is 0.684. The Morgan fingerprint density at radius 2 is 2.11 bits per heavy atom. The molecule has 9 heteroatoms. The van der Waals surface area contributed by atoms with Crippen molar-refractivity contribution in [3.63, 3.8) is 0 Å². The summed E-state index contributed by atoms with van der Waals surface area (Å²) in [7, 11) is 1.94. The Morgan fingerprint density at radius 1 is 1.32 bits per heavy atom. The van der Waals surface area contributed by atoms with Crippen molar-refractivity contribution in [2.75, 3.05) is 13.1 Å². The van der Waals surface area contributed by atoms with E-state index in [4.69, 9.17) is 0 Å². The standard InChI is InChI=1S/C19H29N7O2/c1-12(2)19(28)24-5-6-26-17(11-24)21-22-18(26)16-7-15(27)10-25(16)9-14-8-20-23(4)13(14)3/h8,12,15-16,27H,5-7,9-11H2,1-4H3/t15-,16-/m0/s1. The molecule has 2 aromatic heterocycles. The molecule has 0 spiro atoms. The third kappa shape index (κ3) is 3.33. The van der Waals surface area contributed by atoms with Crippen LogP contribution < -0.4 is 0 Å². The van der Waals surface area contributed by atoms with Crippen LogP contribution in [0.4, 0.5) is 0 Å². The Kier molecular flexibility index (Phi) is 4.96. The first-order chi connectivity index (χ1) is 13.3. The van der Waals surface area contributed by atoms with Crippen LogP contribution in [0.2, 0.25) is 0 Å². The van der Waals surface area contributed by atoms with Crippen LogP contribution in [-0.2, 0) is 31.5 Å². The van der Waals surface area contributed by atoms with Gasteiger partial charge in [0.05, 0.1) is 24.9 Å². The van der Waals surface area contributed by atoms with Crippen LogP contribution >= 0.6 is 0 Å². The molecule has 152 valence electrons. The van der Waals surface area contributed by atoms with Gasteiger partial charge in [-0.3, -0.25) is 14.4 Å². The lowest BCUT2D eigenvalue weighted by Crippen LogP contribution is -2.41. The molecule has 9 nitrogen and oxygen atoms in total. The molecule has 0 unspecified atom stereocenters. The van der Waals surface area contributed by atoms with Gasteiger partial charge in [-0.1, -0.05) is 13.8 Å². The second-order valence-corrected chi connectivity index (χ2v) is 8.25. The van der Waals surface area contributed by atoms with E-state index in [9.17, 15) is 9.90 Å². The molecule has 0 radical (unpaired) electrons. The van der Waals surface area contributed by atoms with E-state index in [1.54, 1.807) is 0 Å². The van der Waals surface area contributed by atoms with Crippen LogP contribution in [0.15, 0.2) is 6.20 Å². The number of carbonyl (C=O) groups excluding carboxylic acids is 1. The van der Waals surface area contributed by atoms with Gasteiger partial charge in [-0.2, -0.15) is 5.10 Å². The number of carbonyl (C=O) groups is 1. The molecular formula is C19H29N7O2. The summed E-state index contributed by atoms with van der Waals surface area (Å²) >= 11 is 0. The molecule has 2 aromatic rings. The van der Waals surface area contributed by atoms with Crippen molar-refractivity contribution in [1.29, 1.82) is 0 Å². The van der Waals surface area contributed by atoms with Crippen molar-refractivity contribution in [3.8, 4) is 0 Å². The molecule has 1 amide bonds. The van der Waals surface area contributed by atoms with E-state index in [-0.39, 0.29) is 24.0 Å². The van der Waals surface area contributed by atoms with Crippen molar-refractivity contribution in [1.82, 2.24) is 34.3 Å². The van der Waals surface area contributed by atoms with Crippen LogP contribution in [0.3, 0.4) is 0 Å². The number of fused-ring (bicyclic) bond motifs is 1. The second kappa shape index (κ2) is 7.29. The fourth-order valence-corrected chi connectivity index (χ4v) is 4.22. The third-order valence-electron chi connectivity index (χ3n) is 5.98. The highest BCUT2D eigenvalue weighted by molar-refractivity contribution is 5.78. The molecule has 0 aromatic carbocycles. The predicted octanol–water partition coefficient (Wildman–Crippen LogP) is 0.626. The molecule has 0 aliphatic carbocycles. The summed E-state index contributed by atoms with van der Waals surface area (Å²) < 4.78 is 4.01. The van der Waals surface area contributed by atoms with Crippen molar-refractivity contribution in [2.45, 2.75) is 59.0 Å². The minimum Gasteiger partial charge on any atom is -0.392 e. The fourth-order valence-electron chi connectivity index (χ4n) is 4.22. The zero-order valence-corrected chi connectivity index (χ0v) is 17.0. The number of likely N-dealkylation sites (tertiary alicyclic amines) is 1. The third-order valence-corrected chi connectivity index (χ3v) is 5.98. The van der Waals surface area contributed by atoms with E-state index in [1.807, 2.05) is 36.7 Å². The highest BCUT2D eigenvalue weighted by Gasteiger charge is 2.37. The van der Waals surface area contributed by atoms with Gasteiger partial charge < -0.3 is 14.6 Å². The summed E-state index contributed by atoms with van der Waals surface area (Å²) in [6, 6.07) is 0.0169. The molecule has 0 bridgehead atoms. The highest BCUT2D eigenvalue weighted by Crippen LogP contribution is 2.34. The minimum atomic E-state index is -0.377. The quantitative estimate of drug-likeness (QED) is 0.827. The first-order valence-corrected chi connectivity index (χ1v) is 9.95. The Morgan fingerprint density at radius 3 is 2.79 bits per heavy atom. The molecule has 2 aliphatic heterocycles. The predicted molar refractivity (Wildman–Crippen MR) is 102 cm³/mol. The second-order valence-electron chi connectivity index (χ2n) is 8.25. The van der Waals surface area contributed by atoms with Gasteiger partial charge in [-0.25, -0.2) is 0 Å². The summed E-state index contributed by atoms with van der Waals surface area (Å²) in [4.78, 5) is 16.4. The van der Waals surface area contributed by atoms with Gasteiger partial charge in [0.25, 0.3) is 0 Å². The molecule has 4 rings (SSSR count). The molecule has 2 aliphatic rings. The number of aromatic nitrogens is 5. The Balaban J connectivity index is 1.55. The van der Waals surface area contributed by atoms with Crippen LogP contribution in [-0.4, -0.2) is 64.6 Å². The maximum absolute atomic E-state index is 12.3. The summed E-state index contributed by atoms with van der Waals surface area (Å²) in [6.07, 6.45) is 2.16. The molecule has 1 N–H and O–H groups in total. The minimum absolute atomic E-state index is 0.0165. The molecule has 4 heterocycles. The van der Waals surface area contributed by atoms with Gasteiger partial charge >= 0.3 is 0 Å². The van der Waals surface area contributed by atoms with Gasteiger partial charge in [0.1, 0.15) is 0 Å². The number of aliphatic hydroxyl groups is 1. The van der Waals surface area contributed by atoms with E-state index < -0.39 is 0 Å². The summed E-state index contributed by atoms with van der Waals surface area (Å²) in [5.74, 6) is 1.86. The number of nitrogens with zero attached hydrogens (tertiary/aromatic N) is 7. The van der Waals surface area contributed by atoms with Crippen LogP contribution in [0.25, 0.3) is 0 Å². The number of rotatable bonds is 4. The molecule has 2 atom stereocenters. The van der Waals surface area contributed by atoms with Crippen molar-refractivity contribution >= 4 is 5.91 Å². The van der Waals surface area contributed by atoms with Crippen LogP contribution in [0.5, 0.6) is 0 Å². The number of amides is 1. The van der Waals surface area contributed by atoms with Crippen LogP contribution in [0.1, 0.15) is 49.2 Å². The monoisotopic (exact) mass is 387 g/mol. The number of aryl methyl sites for hydroxylation is 1. The Labute approximate surface area is 164 Å². The lowest BCUT2D eigenvalue weighted by atomic mass is 10.1. The first-order valence-electron chi connectivity index (χ1n) is 9.95. The van der Waals surface area contributed by atoms with E-state index >= 15 is 0 Å². The Hall–Kier alpha value is -2.26. The Bertz CT molecular complexity index is 872. The maximum atomic E-state index is 12.3. The zero-order chi connectivity index (χ0) is 20.0. The number of hydrogen-bond acceptors (Lipinski definition) is 6. The van der Waals surface area contributed by atoms with E-state index in [0.717, 1.165) is 29.5 Å².